The number of carbonyl (C=O) groups is 2. The fourth-order valence-electron chi connectivity index (χ4n) is 1.73. The third kappa shape index (κ3) is 4.51. The number of carboxylic acids is 1. The molecule has 1 amide bonds. The van der Waals surface area contributed by atoms with Gasteiger partial charge >= 0.3 is 5.97 Å². The fraction of sp³-hybridized carbons (Fsp3) is 0.385. The zero-order valence-electron chi connectivity index (χ0n) is 11.5. The van der Waals surface area contributed by atoms with Crippen LogP contribution in [0.25, 0.3) is 0 Å². The highest BCUT2D eigenvalue weighted by Crippen LogP contribution is 2.17. The van der Waals surface area contributed by atoms with Crippen molar-refractivity contribution in [1.29, 1.82) is 0 Å². The van der Waals surface area contributed by atoms with Gasteiger partial charge in [0.1, 0.15) is 11.9 Å². The summed E-state index contributed by atoms with van der Waals surface area (Å²) in [5.41, 5.74) is -1.00. The summed E-state index contributed by atoms with van der Waals surface area (Å²) in [4.78, 5) is 32.8. The minimum absolute atomic E-state index is 0.00126. The van der Waals surface area contributed by atoms with E-state index in [9.17, 15) is 24.1 Å². The highest BCUT2D eigenvalue weighted by molar-refractivity contribution is 5.97. The number of nitro groups is 1. The number of carboxylic acid groups (broad SMARTS) is 1. The molecule has 7 nitrogen and oxygen atoms in total. The van der Waals surface area contributed by atoms with Gasteiger partial charge in [0.05, 0.1) is 10.5 Å². The lowest BCUT2D eigenvalue weighted by Crippen LogP contribution is -2.41. The van der Waals surface area contributed by atoms with Crippen LogP contribution in [0.3, 0.4) is 0 Å². The average Bonchev–Trinajstić information content (AvgIpc) is 2.37. The maximum atomic E-state index is 13.6. The van der Waals surface area contributed by atoms with Crippen molar-refractivity contribution < 1.29 is 24.0 Å². The molecule has 0 aliphatic carbocycles. The number of non-ortho nitro benzene ring substituents is 1. The van der Waals surface area contributed by atoms with Crippen LogP contribution in [0.1, 0.15) is 30.6 Å². The van der Waals surface area contributed by atoms with E-state index in [2.05, 4.69) is 5.32 Å². The van der Waals surface area contributed by atoms with Gasteiger partial charge in [0.2, 0.25) is 0 Å². The Labute approximate surface area is 119 Å². The van der Waals surface area contributed by atoms with E-state index in [4.69, 9.17) is 5.11 Å². The molecule has 0 spiro atoms. The minimum atomic E-state index is -1.25. The molecule has 0 aromatic heterocycles. The van der Waals surface area contributed by atoms with Crippen molar-refractivity contribution in [3.8, 4) is 0 Å². The molecule has 0 aliphatic heterocycles. The van der Waals surface area contributed by atoms with Gasteiger partial charge in [-0.2, -0.15) is 0 Å². The molecular weight excluding hydrogens is 283 g/mol. The van der Waals surface area contributed by atoms with Crippen LogP contribution in [-0.2, 0) is 4.79 Å². The summed E-state index contributed by atoms with van der Waals surface area (Å²) in [5, 5.41) is 21.8. The Hall–Kier alpha value is -2.51. The van der Waals surface area contributed by atoms with Gasteiger partial charge in [0, 0.05) is 12.1 Å². The normalized spacial score (nSPS) is 12.0. The summed E-state index contributed by atoms with van der Waals surface area (Å²) in [7, 11) is 0. The topological polar surface area (TPSA) is 110 Å². The highest BCUT2D eigenvalue weighted by Gasteiger charge is 2.24. The van der Waals surface area contributed by atoms with Crippen molar-refractivity contribution in [3.63, 3.8) is 0 Å². The Morgan fingerprint density at radius 1 is 1.43 bits per heavy atom. The molecular formula is C13H15FN2O5. The molecule has 0 bridgehead atoms. The van der Waals surface area contributed by atoms with Gasteiger partial charge in [-0.3, -0.25) is 14.9 Å². The first kappa shape index (κ1) is 16.5. The Balaban J connectivity index is 2.99. The second kappa shape index (κ2) is 6.78. The summed E-state index contributed by atoms with van der Waals surface area (Å²) in [5.74, 6) is -3.19. The number of nitrogens with zero attached hydrogens (tertiary/aromatic N) is 1. The highest BCUT2D eigenvalue weighted by atomic mass is 19.1. The lowest BCUT2D eigenvalue weighted by molar-refractivity contribution is -0.384. The van der Waals surface area contributed by atoms with Crippen LogP contribution in [0, 0.1) is 21.8 Å². The number of hydrogen-bond acceptors (Lipinski definition) is 4. The van der Waals surface area contributed by atoms with E-state index in [1.54, 1.807) is 13.8 Å². The molecule has 0 heterocycles. The van der Waals surface area contributed by atoms with Crippen LogP contribution in [-0.4, -0.2) is 27.9 Å². The molecule has 0 fully saturated rings. The summed E-state index contributed by atoms with van der Waals surface area (Å²) < 4.78 is 13.6. The molecule has 0 radical (unpaired) electrons. The quantitative estimate of drug-likeness (QED) is 0.616. The van der Waals surface area contributed by atoms with Crippen LogP contribution in [0.15, 0.2) is 18.2 Å². The molecule has 1 atom stereocenters. The van der Waals surface area contributed by atoms with Crippen LogP contribution in [0.5, 0.6) is 0 Å². The third-order valence-corrected chi connectivity index (χ3v) is 2.72. The fourth-order valence-corrected chi connectivity index (χ4v) is 1.73. The number of benzene rings is 1. The van der Waals surface area contributed by atoms with Crippen molar-refractivity contribution in [1.82, 2.24) is 5.32 Å². The standard InChI is InChI=1S/C13H15FN2O5/c1-7(2)5-11(13(18)19)15-12(17)9-6-8(16(20)21)3-4-10(9)14/h3-4,6-7,11H,5H2,1-2H3,(H,15,17)(H,18,19). The van der Waals surface area contributed by atoms with E-state index in [1.165, 1.54) is 0 Å². The Morgan fingerprint density at radius 2 is 2.05 bits per heavy atom. The summed E-state index contributed by atoms with van der Waals surface area (Å²) in [6.45, 7) is 3.55. The lowest BCUT2D eigenvalue weighted by atomic mass is 10.0. The van der Waals surface area contributed by atoms with E-state index < -0.39 is 39.9 Å². The van der Waals surface area contributed by atoms with Crippen molar-refractivity contribution in [3.05, 3.63) is 39.7 Å². The number of hydrogen-bond donors (Lipinski definition) is 2. The molecule has 1 unspecified atom stereocenters. The van der Waals surface area contributed by atoms with Crippen LogP contribution in [0.4, 0.5) is 10.1 Å². The number of nitro benzene ring substituents is 1. The molecule has 0 saturated carbocycles. The van der Waals surface area contributed by atoms with Gasteiger partial charge in [-0.1, -0.05) is 13.8 Å². The maximum absolute atomic E-state index is 13.6. The number of carbonyl (C=O) groups excluding carboxylic acids is 1. The molecule has 1 aromatic rings. The smallest absolute Gasteiger partial charge is 0.326 e. The lowest BCUT2D eigenvalue weighted by Gasteiger charge is -2.16. The van der Waals surface area contributed by atoms with Crippen LogP contribution in [0.2, 0.25) is 0 Å². The molecule has 1 rings (SSSR count). The summed E-state index contributed by atoms with van der Waals surface area (Å²) >= 11 is 0. The molecule has 0 aliphatic rings. The van der Waals surface area contributed by atoms with Crippen molar-refractivity contribution >= 4 is 17.6 Å². The Bertz CT molecular complexity index is 574. The van der Waals surface area contributed by atoms with Crippen molar-refractivity contribution in [2.45, 2.75) is 26.3 Å². The van der Waals surface area contributed by atoms with Gasteiger partial charge in [-0.15, -0.1) is 0 Å². The van der Waals surface area contributed by atoms with E-state index in [0.29, 0.717) is 0 Å². The van der Waals surface area contributed by atoms with Crippen molar-refractivity contribution in [2.24, 2.45) is 5.92 Å². The van der Waals surface area contributed by atoms with E-state index in [-0.39, 0.29) is 12.3 Å². The summed E-state index contributed by atoms with van der Waals surface area (Å²) in [6.07, 6.45) is 0.164. The van der Waals surface area contributed by atoms with Gasteiger partial charge in [0.25, 0.3) is 11.6 Å². The number of amides is 1. The first-order valence-corrected chi connectivity index (χ1v) is 6.20. The molecule has 8 heteroatoms. The first-order chi connectivity index (χ1) is 9.72. The van der Waals surface area contributed by atoms with Crippen molar-refractivity contribution in [2.75, 3.05) is 0 Å². The van der Waals surface area contributed by atoms with Gasteiger partial charge < -0.3 is 10.4 Å². The van der Waals surface area contributed by atoms with E-state index >= 15 is 0 Å². The predicted molar refractivity (Wildman–Crippen MR) is 71.4 cm³/mol. The molecule has 2 N–H and O–H groups in total. The minimum Gasteiger partial charge on any atom is -0.480 e. The second-order valence-electron chi connectivity index (χ2n) is 4.92. The number of halogens is 1. The van der Waals surface area contributed by atoms with Crippen LogP contribution >= 0.6 is 0 Å². The largest absolute Gasteiger partial charge is 0.480 e. The third-order valence-electron chi connectivity index (χ3n) is 2.72. The van der Waals surface area contributed by atoms with Gasteiger partial charge in [0.15, 0.2) is 0 Å². The Morgan fingerprint density at radius 3 is 2.52 bits per heavy atom. The van der Waals surface area contributed by atoms with E-state index in [1.807, 2.05) is 0 Å². The zero-order valence-corrected chi connectivity index (χ0v) is 11.5. The van der Waals surface area contributed by atoms with Gasteiger partial charge in [-0.25, -0.2) is 9.18 Å². The first-order valence-electron chi connectivity index (χ1n) is 6.20. The zero-order chi connectivity index (χ0) is 16.2. The molecule has 1 aromatic carbocycles. The number of rotatable bonds is 6. The molecule has 0 saturated heterocycles. The summed E-state index contributed by atoms with van der Waals surface area (Å²) in [6, 6.07) is 1.32. The number of nitrogens with one attached hydrogen (secondary N) is 1. The molecule has 21 heavy (non-hydrogen) atoms. The second-order valence-corrected chi connectivity index (χ2v) is 4.92. The average molecular weight is 298 g/mol. The molecule has 114 valence electrons. The Kier molecular flexibility index (Phi) is 5.34. The SMILES string of the molecule is CC(C)CC(NC(=O)c1cc([N+](=O)[O-])ccc1F)C(=O)O. The maximum Gasteiger partial charge on any atom is 0.326 e. The number of aliphatic carboxylic acids is 1. The predicted octanol–water partition coefficient (Wildman–Crippen LogP) is 1.96. The van der Waals surface area contributed by atoms with Crippen LogP contribution < -0.4 is 5.32 Å². The monoisotopic (exact) mass is 298 g/mol. The van der Waals surface area contributed by atoms with E-state index in [0.717, 1.165) is 18.2 Å². The van der Waals surface area contributed by atoms with Gasteiger partial charge in [-0.05, 0) is 18.4 Å².